The number of carbonyl (C=O) groups excluding carboxylic acids is 1. The predicted octanol–water partition coefficient (Wildman–Crippen LogP) is 3.47. The minimum absolute atomic E-state index is 0.400. The van der Waals surface area contributed by atoms with Gasteiger partial charge in [-0.3, -0.25) is 4.79 Å². The number of nitrogens with two attached hydrogens (primary N) is 1. The van der Waals surface area contributed by atoms with Gasteiger partial charge in [-0.2, -0.15) is 0 Å². The molecule has 0 aliphatic heterocycles. The molecule has 2 aromatic rings. The zero-order valence-corrected chi connectivity index (χ0v) is 12.2. The molecule has 0 heterocycles. The van der Waals surface area contributed by atoms with E-state index in [1.807, 2.05) is 43.3 Å². The minimum atomic E-state index is -0.400. The number of rotatable bonds is 4. The van der Waals surface area contributed by atoms with E-state index in [4.69, 9.17) is 5.73 Å². The average Bonchev–Trinajstić information content (AvgIpc) is 2.40. The van der Waals surface area contributed by atoms with Crippen LogP contribution in [0.4, 0.5) is 5.69 Å². The van der Waals surface area contributed by atoms with Crippen molar-refractivity contribution < 1.29 is 4.79 Å². The van der Waals surface area contributed by atoms with Gasteiger partial charge in [-0.25, -0.2) is 0 Å². The van der Waals surface area contributed by atoms with Gasteiger partial charge in [0.25, 0.3) is 0 Å². The number of benzene rings is 2. The Labute approximate surface area is 121 Å². The third-order valence-electron chi connectivity index (χ3n) is 2.95. The SMILES string of the molecule is Cc1ccc(Br)cc1NCc1ccccc1C(N)=O. The van der Waals surface area contributed by atoms with E-state index in [2.05, 4.69) is 21.2 Å². The van der Waals surface area contributed by atoms with Crippen molar-refractivity contribution in [3.8, 4) is 0 Å². The first-order valence-corrected chi connectivity index (χ1v) is 6.75. The van der Waals surface area contributed by atoms with Crippen molar-refractivity contribution in [2.45, 2.75) is 13.5 Å². The van der Waals surface area contributed by atoms with Crippen LogP contribution >= 0.6 is 15.9 Å². The molecule has 98 valence electrons. The van der Waals surface area contributed by atoms with E-state index in [1.54, 1.807) is 6.07 Å². The topological polar surface area (TPSA) is 55.1 Å². The molecule has 0 aromatic heterocycles. The second-order valence-electron chi connectivity index (χ2n) is 4.33. The molecule has 0 atom stereocenters. The van der Waals surface area contributed by atoms with Crippen LogP contribution in [0.3, 0.4) is 0 Å². The Morgan fingerprint density at radius 2 is 2.00 bits per heavy atom. The van der Waals surface area contributed by atoms with Crippen LogP contribution in [0.1, 0.15) is 21.5 Å². The van der Waals surface area contributed by atoms with Crippen LogP contribution < -0.4 is 11.1 Å². The van der Waals surface area contributed by atoms with Crippen LogP contribution in [-0.4, -0.2) is 5.91 Å². The van der Waals surface area contributed by atoms with Gasteiger partial charge in [-0.1, -0.05) is 40.2 Å². The maximum absolute atomic E-state index is 11.3. The molecule has 0 unspecified atom stereocenters. The number of amides is 1. The van der Waals surface area contributed by atoms with Crippen LogP contribution in [-0.2, 0) is 6.54 Å². The van der Waals surface area contributed by atoms with Gasteiger partial charge in [0.15, 0.2) is 0 Å². The molecule has 19 heavy (non-hydrogen) atoms. The third kappa shape index (κ3) is 3.35. The maximum atomic E-state index is 11.3. The summed E-state index contributed by atoms with van der Waals surface area (Å²) in [4.78, 5) is 11.3. The first kappa shape index (κ1) is 13.6. The third-order valence-corrected chi connectivity index (χ3v) is 3.44. The highest BCUT2D eigenvalue weighted by molar-refractivity contribution is 9.10. The van der Waals surface area contributed by atoms with Crippen LogP contribution in [0.15, 0.2) is 46.9 Å². The van der Waals surface area contributed by atoms with Gasteiger partial charge in [0, 0.05) is 22.3 Å². The quantitative estimate of drug-likeness (QED) is 0.906. The van der Waals surface area contributed by atoms with Crippen LogP contribution in [0.5, 0.6) is 0 Å². The number of aryl methyl sites for hydroxylation is 1. The highest BCUT2D eigenvalue weighted by Gasteiger charge is 2.07. The maximum Gasteiger partial charge on any atom is 0.249 e. The van der Waals surface area contributed by atoms with Gasteiger partial charge in [-0.15, -0.1) is 0 Å². The van der Waals surface area contributed by atoms with Crippen molar-refractivity contribution in [1.29, 1.82) is 0 Å². The van der Waals surface area contributed by atoms with Crippen molar-refractivity contribution >= 4 is 27.5 Å². The van der Waals surface area contributed by atoms with E-state index < -0.39 is 5.91 Å². The first-order valence-electron chi connectivity index (χ1n) is 5.95. The summed E-state index contributed by atoms with van der Waals surface area (Å²) in [6.07, 6.45) is 0. The summed E-state index contributed by atoms with van der Waals surface area (Å²) >= 11 is 3.45. The van der Waals surface area contributed by atoms with Crippen molar-refractivity contribution in [2.24, 2.45) is 5.73 Å². The molecule has 0 aliphatic carbocycles. The fourth-order valence-electron chi connectivity index (χ4n) is 1.89. The van der Waals surface area contributed by atoms with Gasteiger partial charge in [-0.05, 0) is 36.2 Å². The van der Waals surface area contributed by atoms with Gasteiger partial charge < -0.3 is 11.1 Å². The summed E-state index contributed by atoms with van der Waals surface area (Å²) in [6.45, 7) is 2.60. The van der Waals surface area contributed by atoms with E-state index in [-0.39, 0.29) is 0 Å². The van der Waals surface area contributed by atoms with E-state index >= 15 is 0 Å². The lowest BCUT2D eigenvalue weighted by Gasteiger charge is -2.12. The molecule has 1 amide bonds. The fourth-order valence-corrected chi connectivity index (χ4v) is 2.25. The largest absolute Gasteiger partial charge is 0.381 e. The Bertz CT molecular complexity index is 611. The molecule has 0 spiro atoms. The zero-order chi connectivity index (χ0) is 13.8. The first-order chi connectivity index (χ1) is 9.08. The Balaban J connectivity index is 2.19. The lowest BCUT2D eigenvalue weighted by Crippen LogP contribution is -2.15. The molecule has 2 aromatic carbocycles. The molecule has 0 saturated carbocycles. The molecule has 0 aliphatic rings. The summed E-state index contributed by atoms with van der Waals surface area (Å²) in [7, 11) is 0. The number of primary amides is 1. The van der Waals surface area contributed by atoms with Crippen LogP contribution in [0.2, 0.25) is 0 Å². The molecule has 0 saturated heterocycles. The molecule has 3 N–H and O–H groups in total. The molecule has 3 nitrogen and oxygen atoms in total. The second-order valence-corrected chi connectivity index (χ2v) is 5.25. The number of hydrogen-bond acceptors (Lipinski definition) is 2. The highest BCUT2D eigenvalue weighted by Crippen LogP contribution is 2.21. The standard InChI is InChI=1S/C15H15BrN2O/c1-10-6-7-12(16)8-14(10)18-9-11-4-2-3-5-13(11)15(17)19/h2-8,18H,9H2,1H3,(H2,17,19). The monoisotopic (exact) mass is 318 g/mol. The lowest BCUT2D eigenvalue weighted by atomic mass is 10.1. The summed E-state index contributed by atoms with van der Waals surface area (Å²) in [5.41, 5.74) is 9.01. The summed E-state index contributed by atoms with van der Waals surface area (Å²) in [5.74, 6) is -0.400. The smallest absolute Gasteiger partial charge is 0.249 e. The molecule has 0 bridgehead atoms. The van der Waals surface area contributed by atoms with Crippen LogP contribution in [0.25, 0.3) is 0 Å². The number of halogens is 1. The Morgan fingerprint density at radius 3 is 2.74 bits per heavy atom. The van der Waals surface area contributed by atoms with Crippen LogP contribution in [0, 0.1) is 6.92 Å². The molecule has 0 fully saturated rings. The molecular weight excluding hydrogens is 304 g/mol. The lowest BCUT2D eigenvalue weighted by molar-refractivity contribution is 0.0999. The average molecular weight is 319 g/mol. The summed E-state index contributed by atoms with van der Waals surface area (Å²) < 4.78 is 1.02. The molecular formula is C15H15BrN2O. The van der Waals surface area contributed by atoms with Gasteiger partial charge in [0.2, 0.25) is 5.91 Å². The van der Waals surface area contributed by atoms with Crippen molar-refractivity contribution in [3.63, 3.8) is 0 Å². The number of hydrogen-bond donors (Lipinski definition) is 2. The minimum Gasteiger partial charge on any atom is -0.381 e. The fraction of sp³-hybridized carbons (Fsp3) is 0.133. The highest BCUT2D eigenvalue weighted by atomic mass is 79.9. The number of nitrogens with one attached hydrogen (secondary N) is 1. The zero-order valence-electron chi connectivity index (χ0n) is 10.6. The summed E-state index contributed by atoms with van der Waals surface area (Å²) in [5, 5.41) is 3.33. The normalized spacial score (nSPS) is 10.2. The summed E-state index contributed by atoms with van der Waals surface area (Å²) in [6, 6.07) is 13.4. The van der Waals surface area contributed by atoms with Gasteiger partial charge >= 0.3 is 0 Å². The number of carbonyl (C=O) groups is 1. The molecule has 4 heteroatoms. The molecule has 2 rings (SSSR count). The van der Waals surface area contributed by atoms with Crippen molar-refractivity contribution in [2.75, 3.05) is 5.32 Å². The van der Waals surface area contributed by atoms with E-state index in [1.165, 1.54) is 0 Å². The Kier molecular flexibility index (Phi) is 4.22. The van der Waals surface area contributed by atoms with Gasteiger partial charge in [0.05, 0.1) is 0 Å². The van der Waals surface area contributed by atoms with Crippen molar-refractivity contribution in [1.82, 2.24) is 0 Å². The number of anilines is 1. The predicted molar refractivity (Wildman–Crippen MR) is 81.2 cm³/mol. The van der Waals surface area contributed by atoms with Crippen molar-refractivity contribution in [3.05, 3.63) is 63.6 Å². The van der Waals surface area contributed by atoms with E-state index in [0.29, 0.717) is 12.1 Å². The Hall–Kier alpha value is -1.81. The Morgan fingerprint density at radius 1 is 1.26 bits per heavy atom. The van der Waals surface area contributed by atoms with E-state index in [9.17, 15) is 4.79 Å². The second kappa shape index (κ2) is 5.89. The van der Waals surface area contributed by atoms with Gasteiger partial charge in [0.1, 0.15) is 0 Å². The molecule has 0 radical (unpaired) electrons. The van der Waals surface area contributed by atoms with E-state index in [0.717, 1.165) is 21.3 Å².